The largest absolute Gasteiger partial charge is 0.369 e. The highest BCUT2D eigenvalue weighted by molar-refractivity contribution is 5.93. The highest BCUT2D eigenvalue weighted by atomic mass is 19.1. The van der Waals surface area contributed by atoms with Crippen LogP contribution in [0.1, 0.15) is 55.9 Å². The molecule has 0 bridgehead atoms. The number of amides is 1. The summed E-state index contributed by atoms with van der Waals surface area (Å²) < 4.78 is 16.4. The van der Waals surface area contributed by atoms with E-state index in [0.29, 0.717) is 53.9 Å². The molecule has 3 N–H and O–H groups in total. The van der Waals surface area contributed by atoms with Gasteiger partial charge >= 0.3 is 0 Å². The number of nitrogens with zero attached hydrogens (tertiary/aromatic N) is 7. The SMILES string of the molecule is Cc1cc(N(c2nn(C3CCC(C(N)=O)CC3)c(=O)c3ccccc23)[C@@H](C)c2ccc(-n3cc(F)cn3)nc2)n[nH]1. The van der Waals surface area contributed by atoms with Crippen molar-refractivity contribution in [3.63, 3.8) is 0 Å². The van der Waals surface area contributed by atoms with Crippen LogP contribution in [0.3, 0.4) is 0 Å². The van der Waals surface area contributed by atoms with Crippen molar-refractivity contribution in [1.82, 2.24) is 34.7 Å². The van der Waals surface area contributed by atoms with Crippen LogP contribution in [0.4, 0.5) is 16.0 Å². The molecule has 0 spiro atoms. The molecule has 1 aliphatic carbocycles. The Balaban J connectivity index is 1.45. The fraction of sp³-hybridized carbons (Fsp3) is 0.310. The van der Waals surface area contributed by atoms with E-state index < -0.39 is 5.82 Å². The molecular weight excluding hydrogens is 525 g/mol. The van der Waals surface area contributed by atoms with Crippen LogP contribution in [-0.2, 0) is 4.79 Å². The Labute approximate surface area is 234 Å². The van der Waals surface area contributed by atoms with E-state index >= 15 is 0 Å². The first-order valence-electron chi connectivity index (χ1n) is 13.6. The molecule has 0 unspecified atom stereocenters. The van der Waals surface area contributed by atoms with E-state index in [1.165, 1.54) is 10.9 Å². The first-order valence-corrected chi connectivity index (χ1v) is 13.6. The molecule has 1 atom stereocenters. The lowest BCUT2D eigenvalue weighted by atomic mass is 9.85. The fourth-order valence-electron chi connectivity index (χ4n) is 5.59. The molecule has 11 nitrogen and oxygen atoms in total. The molecular formula is C29H30FN9O2. The first-order chi connectivity index (χ1) is 19.8. The van der Waals surface area contributed by atoms with Crippen molar-refractivity contribution in [2.75, 3.05) is 4.90 Å². The third-order valence-corrected chi connectivity index (χ3v) is 7.85. The van der Waals surface area contributed by atoms with E-state index in [2.05, 4.69) is 20.3 Å². The maximum atomic E-state index is 13.7. The number of aryl methyl sites for hydroxylation is 1. The van der Waals surface area contributed by atoms with Gasteiger partial charge in [-0.15, -0.1) is 0 Å². The molecule has 1 aromatic carbocycles. The second-order valence-corrected chi connectivity index (χ2v) is 10.5. The number of H-pyrrole nitrogens is 1. The van der Waals surface area contributed by atoms with Crippen molar-refractivity contribution in [3.05, 3.63) is 88.5 Å². The monoisotopic (exact) mass is 555 g/mol. The van der Waals surface area contributed by atoms with Crippen molar-refractivity contribution in [2.45, 2.75) is 51.6 Å². The van der Waals surface area contributed by atoms with Gasteiger partial charge < -0.3 is 10.6 Å². The van der Waals surface area contributed by atoms with Gasteiger partial charge in [0, 0.05) is 29.3 Å². The van der Waals surface area contributed by atoms with E-state index in [4.69, 9.17) is 10.8 Å². The third-order valence-electron chi connectivity index (χ3n) is 7.85. The Bertz CT molecular complexity index is 1770. The van der Waals surface area contributed by atoms with Gasteiger partial charge in [0.25, 0.3) is 5.56 Å². The van der Waals surface area contributed by atoms with Crippen LogP contribution in [0, 0.1) is 18.7 Å². The average Bonchev–Trinajstić information content (AvgIpc) is 3.62. The topological polar surface area (TPSA) is 141 Å². The molecule has 4 heterocycles. The molecule has 5 aromatic rings. The predicted octanol–water partition coefficient (Wildman–Crippen LogP) is 4.26. The molecule has 0 radical (unpaired) electrons. The van der Waals surface area contributed by atoms with Gasteiger partial charge in [-0.2, -0.15) is 15.3 Å². The minimum absolute atomic E-state index is 0.157. The van der Waals surface area contributed by atoms with Gasteiger partial charge in [0.2, 0.25) is 5.91 Å². The van der Waals surface area contributed by atoms with Gasteiger partial charge in [-0.1, -0.05) is 24.3 Å². The van der Waals surface area contributed by atoms with Crippen LogP contribution in [0.25, 0.3) is 16.6 Å². The smallest absolute Gasteiger partial charge is 0.275 e. The van der Waals surface area contributed by atoms with Crippen LogP contribution in [0.15, 0.2) is 65.8 Å². The van der Waals surface area contributed by atoms with Gasteiger partial charge in [0.1, 0.15) is 0 Å². The summed E-state index contributed by atoms with van der Waals surface area (Å²) in [6, 6.07) is 12.6. The van der Waals surface area contributed by atoms with Crippen molar-refractivity contribution in [2.24, 2.45) is 11.7 Å². The Hall–Kier alpha value is -4.87. The Kier molecular flexibility index (Phi) is 6.82. The summed E-state index contributed by atoms with van der Waals surface area (Å²) in [5.74, 6) is 0.771. The van der Waals surface area contributed by atoms with Crippen molar-refractivity contribution in [3.8, 4) is 5.82 Å². The first kappa shape index (κ1) is 26.4. The second-order valence-electron chi connectivity index (χ2n) is 10.5. The number of aromatic nitrogens is 7. The average molecular weight is 556 g/mol. The normalized spacial score (nSPS) is 17.9. The zero-order valence-corrected chi connectivity index (χ0v) is 22.7. The van der Waals surface area contributed by atoms with Crippen LogP contribution in [-0.4, -0.2) is 40.6 Å². The van der Waals surface area contributed by atoms with Crippen LogP contribution < -0.4 is 16.2 Å². The van der Waals surface area contributed by atoms with Crippen molar-refractivity contribution >= 4 is 28.3 Å². The number of hydrogen-bond acceptors (Lipinski definition) is 7. The van der Waals surface area contributed by atoms with Gasteiger partial charge in [0.15, 0.2) is 23.3 Å². The maximum Gasteiger partial charge on any atom is 0.275 e. The number of rotatable bonds is 7. The second kappa shape index (κ2) is 10.6. The summed E-state index contributed by atoms with van der Waals surface area (Å²) in [7, 11) is 0. The Morgan fingerprint density at radius 2 is 1.88 bits per heavy atom. The summed E-state index contributed by atoms with van der Waals surface area (Å²) in [4.78, 5) is 31.9. The maximum absolute atomic E-state index is 13.7. The van der Waals surface area contributed by atoms with Gasteiger partial charge in [0.05, 0.1) is 29.9 Å². The molecule has 0 aliphatic heterocycles. The summed E-state index contributed by atoms with van der Waals surface area (Å²) >= 11 is 0. The Morgan fingerprint density at radius 1 is 1.12 bits per heavy atom. The van der Waals surface area contributed by atoms with E-state index in [-0.39, 0.29) is 29.5 Å². The van der Waals surface area contributed by atoms with Crippen LogP contribution in [0.5, 0.6) is 0 Å². The lowest BCUT2D eigenvalue weighted by Gasteiger charge is -2.32. The van der Waals surface area contributed by atoms with E-state index in [1.807, 2.05) is 55.1 Å². The number of benzene rings is 1. The van der Waals surface area contributed by atoms with Crippen molar-refractivity contribution in [1.29, 1.82) is 0 Å². The molecule has 1 fully saturated rings. The number of fused-ring (bicyclic) bond motifs is 1. The summed E-state index contributed by atoms with van der Waals surface area (Å²) in [6.45, 7) is 3.93. The minimum atomic E-state index is -0.444. The number of hydrogen-bond donors (Lipinski definition) is 2. The molecule has 1 saturated carbocycles. The van der Waals surface area contributed by atoms with E-state index in [0.717, 1.165) is 17.5 Å². The number of aromatic amines is 1. The number of nitrogens with one attached hydrogen (secondary N) is 1. The standard InChI is InChI=1S/C29H30FN9O2/c1-17-13-26(35-34-17)38(18(2)20-9-12-25(32-14-20)37-16-21(30)15-33-37)28-23-5-3-4-6-24(23)29(41)39(36-28)22-10-7-19(8-11-22)27(31)40/h3-6,9,12-16,18-19,22H,7-8,10-11H2,1-2H3,(H2,31,40)(H,34,35)/t18-,19?,22?/m0/s1. The molecule has 210 valence electrons. The van der Waals surface area contributed by atoms with Gasteiger partial charge in [-0.05, 0) is 57.2 Å². The highest BCUT2D eigenvalue weighted by Gasteiger charge is 2.30. The molecule has 1 amide bonds. The van der Waals surface area contributed by atoms with Gasteiger partial charge in [-0.25, -0.2) is 18.7 Å². The summed E-state index contributed by atoms with van der Waals surface area (Å²) in [5.41, 5.74) is 7.10. The summed E-state index contributed by atoms with van der Waals surface area (Å²) in [5, 5.41) is 17.8. The highest BCUT2D eigenvalue weighted by Crippen LogP contribution is 2.38. The summed E-state index contributed by atoms with van der Waals surface area (Å²) in [6.07, 6.45) is 6.62. The van der Waals surface area contributed by atoms with E-state index in [1.54, 1.807) is 16.9 Å². The van der Waals surface area contributed by atoms with Crippen molar-refractivity contribution < 1.29 is 9.18 Å². The molecule has 41 heavy (non-hydrogen) atoms. The van der Waals surface area contributed by atoms with Gasteiger partial charge in [-0.3, -0.25) is 14.7 Å². The number of anilines is 2. The molecule has 4 aromatic heterocycles. The zero-order chi connectivity index (χ0) is 28.7. The van der Waals surface area contributed by atoms with Crippen LogP contribution in [0.2, 0.25) is 0 Å². The molecule has 0 saturated heterocycles. The molecule has 12 heteroatoms. The third kappa shape index (κ3) is 4.96. The quantitative estimate of drug-likeness (QED) is 0.306. The number of carbonyl (C=O) groups excluding carboxylic acids is 1. The molecule has 6 rings (SSSR count). The number of pyridine rings is 1. The minimum Gasteiger partial charge on any atom is -0.369 e. The number of carbonyl (C=O) groups is 1. The zero-order valence-electron chi connectivity index (χ0n) is 22.7. The molecule has 1 aliphatic rings. The lowest BCUT2D eigenvalue weighted by Crippen LogP contribution is -2.35. The number of halogens is 1. The fourth-order valence-corrected chi connectivity index (χ4v) is 5.59. The van der Waals surface area contributed by atoms with Crippen LogP contribution >= 0.6 is 0 Å². The lowest BCUT2D eigenvalue weighted by molar-refractivity contribution is -0.122. The predicted molar refractivity (Wildman–Crippen MR) is 151 cm³/mol. The number of nitrogens with two attached hydrogens (primary N) is 1. The Morgan fingerprint density at radius 3 is 2.49 bits per heavy atom. The van der Waals surface area contributed by atoms with E-state index in [9.17, 15) is 14.0 Å². The number of primary amides is 1.